The highest BCUT2D eigenvalue weighted by Crippen LogP contribution is 2.25. The minimum atomic E-state index is -3.38. The van der Waals surface area contributed by atoms with Crippen LogP contribution in [0.3, 0.4) is 0 Å². The van der Waals surface area contributed by atoms with Gasteiger partial charge in [0.15, 0.2) is 9.84 Å². The van der Waals surface area contributed by atoms with Crippen LogP contribution in [0.15, 0.2) is 35.8 Å². The van der Waals surface area contributed by atoms with Crippen molar-refractivity contribution in [2.75, 3.05) is 25.1 Å². The Bertz CT molecular complexity index is 684. The molecule has 2 saturated heterocycles. The number of carbonyl (C=O) groups is 1. The Balaban J connectivity index is 2.00. The molecule has 9 heteroatoms. The topological polar surface area (TPSA) is 108 Å². The molecule has 4 unspecified atom stereocenters. The molecule has 2 fully saturated rings. The molecule has 2 aliphatic rings. The maximum Gasteiger partial charge on any atom is 0.322 e. The average molecular weight is 402 g/mol. The van der Waals surface area contributed by atoms with Gasteiger partial charge in [0, 0.05) is 24.6 Å². The summed E-state index contributed by atoms with van der Waals surface area (Å²) in [6.45, 7) is 8.77. The lowest BCUT2D eigenvalue weighted by molar-refractivity contribution is -0.140. The van der Waals surface area contributed by atoms with Crippen molar-refractivity contribution in [2.24, 2.45) is 0 Å². The zero-order valence-electron chi connectivity index (χ0n) is 14.9. The normalized spacial score (nSPS) is 29.7. The van der Waals surface area contributed by atoms with Gasteiger partial charge in [0.2, 0.25) is 0 Å². The highest BCUT2D eigenvalue weighted by Gasteiger charge is 2.35. The summed E-state index contributed by atoms with van der Waals surface area (Å²) in [6.07, 6.45) is 6.28. The molecule has 0 aromatic heterocycles. The molecule has 7 nitrogen and oxygen atoms in total. The van der Waals surface area contributed by atoms with Crippen molar-refractivity contribution in [3.8, 4) is 0 Å². The summed E-state index contributed by atoms with van der Waals surface area (Å²) in [7, 11) is -3.38. The van der Waals surface area contributed by atoms with Gasteiger partial charge in [0.1, 0.15) is 6.04 Å². The van der Waals surface area contributed by atoms with Crippen LogP contribution in [0.4, 0.5) is 0 Å². The number of sulfone groups is 1. The zero-order chi connectivity index (χ0) is 19.3. The van der Waals surface area contributed by atoms with Crippen LogP contribution in [0.1, 0.15) is 12.8 Å². The fourth-order valence-electron chi connectivity index (χ4n) is 2.92. The van der Waals surface area contributed by atoms with Gasteiger partial charge in [-0.1, -0.05) is 19.2 Å². The maximum absolute atomic E-state index is 11.5. The molecule has 0 saturated carbocycles. The Morgan fingerprint density at radius 2 is 2.08 bits per heavy atom. The van der Waals surface area contributed by atoms with E-state index >= 15 is 0 Å². The standard InChI is InChI=1S/C17H27N3O4S2/c1-11(6-7-12(2)26(3,23)24)15-16(17(21)22)19-10-14(20-15)18-9-13-5-4-8-25-13/h6-7,13-16,18-20H,1-2,4-5,8-10H2,3H3,(H,21,22)/b7-6-. The van der Waals surface area contributed by atoms with Crippen LogP contribution in [-0.2, 0) is 14.6 Å². The van der Waals surface area contributed by atoms with E-state index in [4.69, 9.17) is 0 Å². The summed E-state index contributed by atoms with van der Waals surface area (Å²) in [4.78, 5) is 11.5. The van der Waals surface area contributed by atoms with Crippen molar-refractivity contribution in [3.05, 3.63) is 35.8 Å². The number of aliphatic carboxylic acids is 1. The average Bonchev–Trinajstić information content (AvgIpc) is 3.09. The van der Waals surface area contributed by atoms with E-state index in [0.29, 0.717) is 17.4 Å². The molecule has 0 bridgehead atoms. The molecule has 26 heavy (non-hydrogen) atoms. The zero-order valence-corrected chi connectivity index (χ0v) is 16.5. The van der Waals surface area contributed by atoms with Crippen molar-refractivity contribution >= 4 is 27.6 Å². The smallest absolute Gasteiger partial charge is 0.322 e. The monoisotopic (exact) mass is 401 g/mol. The lowest BCUT2D eigenvalue weighted by Crippen LogP contribution is -2.67. The van der Waals surface area contributed by atoms with E-state index in [-0.39, 0.29) is 11.1 Å². The molecule has 0 aromatic rings. The van der Waals surface area contributed by atoms with Crippen LogP contribution in [0.25, 0.3) is 0 Å². The maximum atomic E-state index is 11.5. The van der Waals surface area contributed by atoms with Crippen LogP contribution in [0, 0.1) is 0 Å². The highest BCUT2D eigenvalue weighted by molar-refractivity contribution is 8.00. The van der Waals surface area contributed by atoms with E-state index in [1.54, 1.807) is 0 Å². The summed E-state index contributed by atoms with van der Waals surface area (Å²) in [5, 5.41) is 19.8. The third-order valence-electron chi connectivity index (χ3n) is 4.50. The first-order valence-corrected chi connectivity index (χ1v) is 11.5. The third kappa shape index (κ3) is 5.95. The molecule has 146 valence electrons. The van der Waals surface area contributed by atoms with Gasteiger partial charge >= 0.3 is 5.97 Å². The van der Waals surface area contributed by atoms with E-state index in [0.717, 1.165) is 12.8 Å². The lowest BCUT2D eigenvalue weighted by Gasteiger charge is -2.37. The molecule has 0 radical (unpaired) electrons. The van der Waals surface area contributed by atoms with Crippen molar-refractivity contribution in [3.63, 3.8) is 0 Å². The Labute approximate surface area is 159 Å². The quantitative estimate of drug-likeness (QED) is 0.435. The Morgan fingerprint density at radius 1 is 1.35 bits per heavy atom. The van der Waals surface area contributed by atoms with Crippen LogP contribution < -0.4 is 16.0 Å². The molecule has 0 aliphatic carbocycles. The molecule has 2 aliphatic heterocycles. The second-order valence-corrected chi connectivity index (χ2v) is 10.1. The van der Waals surface area contributed by atoms with E-state index < -0.39 is 27.9 Å². The lowest BCUT2D eigenvalue weighted by atomic mass is 9.97. The van der Waals surface area contributed by atoms with Gasteiger partial charge in [-0.05, 0) is 30.2 Å². The van der Waals surface area contributed by atoms with Crippen molar-refractivity contribution in [1.82, 2.24) is 16.0 Å². The Morgan fingerprint density at radius 3 is 2.65 bits per heavy atom. The van der Waals surface area contributed by atoms with Gasteiger partial charge in [-0.3, -0.25) is 20.7 Å². The number of thioether (sulfide) groups is 1. The minimum absolute atomic E-state index is 0.0396. The number of carboxylic acid groups (broad SMARTS) is 1. The summed E-state index contributed by atoms with van der Waals surface area (Å²) in [5.41, 5.74) is 0.483. The number of carboxylic acids is 1. The fraction of sp³-hybridized carbons (Fsp3) is 0.588. The Hall–Kier alpha value is -1.13. The van der Waals surface area contributed by atoms with E-state index in [2.05, 4.69) is 29.1 Å². The number of nitrogens with one attached hydrogen (secondary N) is 3. The van der Waals surface area contributed by atoms with Gasteiger partial charge in [0.05, 0.1) is 17.1 Å². The summed E-state index contributed by atoms with van der Waals surface area (Å²) >= 11 is 1.96. The first-order chi connectivity index (χ1) is 12.2. The molecule has 2 rings (SSSR count). The van der Waals surface area contributed by atoms with Gasteiger partial charge in [0.25, 0.3) is 0 Å². The van der Waals surface area contributed by atoms with Gasteiger partial charge in [-0.2, -0.15) is 11.8 Å². The van der Waals surface area contributed by atoms with E-state index in [9.17, 15) is 18.3 Å². The highest BCUT2D eigenvalue weighted by atomic mass is 32.2. The van der Waals surface area contributed by atoms with Crippen molar-refractivity contribution in [1.29, 1.82) is 0 Å². The van der Waals surface area contributed by atoms with Crippen LogP contribution >= 0.6 is 11.8 Å². The largest absolute Gasteiger partial charge is 0.480 e. The van der Waals surface area contributed by atoms with Crippen molar-refractivity contribution < 1.29 is 18.3 Å². The molecule has 0 spiro atoms. The van der Waals surface area contributed by atoms with Crippen LogP contribution in [0.5, 0.6) is 0 Å². The number of allylic oxidation sites excluding steroid dienone is 1. The second kappa shape index (κ2) is 9.18. The second-order valence-electron chi connectivity index (χ2n) is 6.61. The number of rotatable bonds is 8. The molecule has 4 atom stereocenters. The van der Waals surface area contributed by atoms with E-state index in [1.807, 2.05) is 11.8 Å². The first kappa shape index (κ1) is 21.2. The molecular formula is C17H27N3O4S2. The van der Waals surface area contributed by atoms with Crippen LogP contribution in [-0.4, -0.2) is 68.1 Å². The van der Waals surface area contributed by atoms with Gasteiger partial charge in [-0.15, -0.1) is 0 Å². The number of hydrogen-bond donors (Lipinski definition) is 4. The third-order valence-corrected chi connectivity index (χ3v) is 6.98. The van der Waals surface area contributed by atoms with E-state index in [1.165, 1.54) is 30.7 Å². The SMILES string of the molecule is C=C(/C=C\C(=C)S(C)(=O)=O)C1NC(NCC2CCCS2)CNC1C(=O)O. The molecule has 4 N–H and O–H groups in total. The predicted octanol–water partition coefficient (Wildman–Crippen LogP) is 0.483. The number of hydrogen-bond acceptors (Lipinski definition) is 7. The van der Waals surface area contributed by atoms with Crippen LogP contribution in [0.2, 0.25) is 0 Å². The summed E-state index contributed by atoms with van der Waals surface area (Å²) < 4.78 is 22.9. The van der Waals surface area contributed by atoms with Gasteiger partial charge in [-0.25, -0.2) is 8.42 Å². The fourth-order valence-corrected chi connectivity index (χ4v) is 4.45. The first-order valence-electron chi connectivity index (χ1n) is 8.51. The molecule has 0 aromatic carbocycles. The predicted molar refractivity (Wildman–Crippen MR) is 106 cm³/mol. The van der Waals surface area contributed by atoms with Crippen molar-refractivity contribution in [2.45, 2.75) is 36.3 Å². The summed E-state index contributed by atoms with van der Waals surface area (Å²) in [5.74, 6) is 0.210. The molecule has 2 heterocycles. The van der Waals surface area contributed by atoms with Gasteiger partial charge < -0.3 is 5.11 Å². The minimum Gasteiger partial charge on any atom is -0.480 e. The summed E-state index contributed by atoms with van der Waals surface area (Å²) in [6, 6.07) is -1.39. The molecule has 0 amide bonds. The Kier molecular flexibility index (Phi) is 7.48. The molecular weight excluding hydrogens is 374 g/mol. The number of piperazine rings is 1.